The highest BCUT2D eigenvalue weighted by molar-refractivity contribution is 6.19. The van der Waals surface area contributed by atoms with Crippen LogP contribution in [0.5, 0.6) is 0 Å². The highest BCUT2D eigenvalue weighted by atomic mass is 16.5. The Morgan fingerprint density at radius 2 is 1.24 bits per heavy atom. The molecule has 1 N–H and O–H groups in total. The molecule has 2 aromatic rings. The van der Waals surface area contributed by atoms with Crippen molar-refractivity contribution in [3.63, 3.8) is 0 Å². The summed E-state index contributed by atoms with van der Waals surface area (Å²) < 4.78 is 4.77. The minimum Gasteiger partial charge on any atom is -0.468 e. The lowest BCUT2D eigenvalue weighted by Gasteiger charge is -2.19. The zero-order chi connectivity index (χ0) is 15.2. The summed E-state index contributed by atoms with van der Waals surface area (Å²) in [5.74, 6) is -1.20. The zero-order valence-corrected chi connectivity index (χ0v) is 11.4. The maximum atomic E-state index is 12.4. The molecule has 0 atom stereocenters. The lowest BCUT2D eigenvalue weighted by Crippen LogP contribution is -2.42. The molecular formula is C16H14N2O3. The number of carbonyl (C=O) groups excluding carboxylic acids is 2. The molecule has 0 spiro atoms. The van der Waals surface area contributed by atoms with Gasteiger partial charge in [0.15, 0.2) is 0 Å². The first-order valence-corrected chi connectivity index (χ1v) is 6.26. The third-order valence-electron chi connectivity index (χ3n) is 2.84. The first-order chi connectivity index (χ1) is 10.1. The van der Waals surface area contributed by atoms with E-state index < -0.39 is 17.8 Å². The first kappa shape index (κ1) is 14.5. The summed E-state index contributed by atoms with van der Waals surface area (Å²) in [4.78, 5) is 25.6. The molecule has 2 amide bonds. The van der Waals surface area contributed by atoms with Crippen LogP contribution in [0, 0.1) is 5.41 Å². The highest BCUT2D eigenvalue weighted by Gasteiger charge is 2.28. The molecule has 106 valence electrons. The van der Waals surface area contributed by atoms with E-state index in [0.717, 1.165) is 0 Å². The minimum absolute atomic E-state index is 0.309. The monoisotopic (exact) mass is 282 g/mol. The average Bonchev–Trinajstić information content (AvgIpc) is 2.56. The van der Waals surface area contributed by atoms with Crippen LogP contribution in [0.15, 0.2) is 60.7 Å². The number of nitrogens with one attached hydrogen (secondary N) is 1. The summed E-state index contributed by atoms with van der Waals surface area (Å²) >= 11 is 0. The van der Waals surface area contributed by atoms with Gasteiger partial charge in [-0.2, -0.15) is 4.90 Å². The summed E-state index contributed by atoms with van der Waals surface area (Å²) in [6.07, 6.45) is 0. The Hall–Kier alpha value is -2.95. The molecule has 0 saturated heterocycles. The van der Waals surface area contributed by atoms with Crippen LogP contribution in [0.2, 0.25) is 0 Å². The molecule has 0 saturated carbocycles. The Balaban J connectivity index is 2.38. The summed E-state index contributed by atoms with van der Waals surface area (Å²) in [6.45, 7) is 0. The molecule has 5 nitrogen and oxygen atoms in total. The number of benzene rings is 2. The molecule has 5 heteroatoms. The normalized spacial score (nSPS) is 9.76. The Labute approximate surface area is 122 Å². The molecule has 0 aliphatic carbocycles. The number of carbonyl (C=O) groups is 2. The van der Waals surface area contributed by atoms with Crippen LogP contribution >= 0.6 is 0 Å². The van der Waals surface area contributed by atoms with Crippen LogP contribution < -0.4 is 0 Å². The van der Waals surface area contributed by atoms with Gasteiger partial charge in [-0.15, -0.1) is 0 Å². The van der Waals surface area contributed by atoms with Crippen molar-refractivity contribution < 1.29 is 14.3 Å². The molecule has 0 aliphatic heterocycles. The van der Waals surface area contributed by atoms with E-state index in [4.69, 9.17) is 10.1 Å². The maximum absolute atomic E-state index is 12.4. The number of hydrogen-bond acceptors (Lipinski definition) is 4. The quantitative estimate of drug-likeness (QED) is 0.523. The van der Waals surface area contributed by atoms with Crippen LogP contribution in [0.25, 0.3) is 0 Å². The van der Waals surface area contributed by atoms with Crippen molar-refractivity contribution in [3.05, 3.63) is 71.8 Å². The summed E-state index contributed by atoms with van der Waals surface area (Å²) in [5.41, 5.74) is 0.618. The van der Waals surface area contributed by atoms with E-state index in [0.29, 0.717) is 16.0 Å². The van der Waals surface area contributed by atoms with E-state index in [-0.39, 0.29) is 0 Å². The number of amides is 2. The SMILES string of the molecule is COC(=N)N(C(=O)c1ccccc1)C(=O)c1ccccc1. The minimum atomic E-state index is -0.601. The Kier molecular flexibility index (Phi) is 4.46. The highest BCUT2D eigenvalue weighted by Crippen LogP contribution is 2.11. The van der Waals surface area contributed by atoms with E-state index >= 15 is 0 Å². The molecular weight excluding hydrogens is 268 g/mol. The summed E-state index contributed by atoms with van der Waals surface area (Å²) in [5, 5.41) is 7.72. The number of hydrogen-bond donors (Lipinski definition) is 1. The third-order valence-corrected chi connectivity index (χ3v) is 2.84. The Bertz CT molecular complexity index is 602. The van der Waals surface area contributed by atoms with Gasteiger partial charge in [-0.3, -0.25) is 15.0 Å². The fraction of sp³-hybridized carbons (Fsp3) is 0.0625. The van der Waals surface area contributed by atoms with Gasteiger partial charge in [-0.1, -0.05) is 36.4 Å². The van der Waals surface area contributed by atoms with Gasteiger partial charge in [0.2, 0.25) is 0 Å². The second-order valence-corrected chi connectivity index (χ2v) is 4.19. The summed E-state index contributed by atoms with van der Waals surface area (Å²) in [6, 6.07) is 16.1. The lowest BCUT2D eigenvalue weighted by molar-refractivity contribution is 0.0680. The molecule has 21 heavy (non-hydrogen) atoms. The van der Waals surface area contributed by atoms with Crippen molar-refractivity contribution in [3.8, 4) is 0 Å². The maximum Gasteiger partial charge on any atom is 0.298 e. The second-order valence-electron chi connectivity index (χ2n) is 4.19. The van der Waals surface area contributed by atoms with Crippen LogP contribution in [0.3, 0.4) is 0 Å². The van der Waals surface area contributed by atoms with Crippen LogP contribution in [-0.2, 0) is 4.74 Å². The molecule has 0 aliphatic rings. The van der Waals surface area contributed by atoms with Gasteiger partial charge in [0.25, 0.3) is 17.8 Å². The van der Waals surface area contributed by atoms with Crippen molar-refractivity contribution in [1.82, 2.24) is 4.90 Å². The fourth-order valence-corrected chi connectivity index (χ4v) is 1.79. The molecule has 2 aromatic carbocycles. The second kappa shape index (κ2) is 6.47. The number of amidine groups is 1. The number of methoxy groups -OCH3 is 1. The topological polar surface area (TPSA) is 70.5 Å². The van der Waals surface area contributed by atoms with Crippen LogP contribution in [0.4, 0.5) is 0 Å². The van der Waals surface area contributed by atoms with Crippen molar-refractivity contribution >= 4 is 17.8 Å². The van der Waals surface area contributed by atoms with Crippen molar-refractivity contribution in [2.45, 2.75) is 0 Å². The third kappa shape index (κ3) is 3.14. The van der Waals surface area contributed by atoms with Gasteiger partial charge in [-0.25, -0.2) is 0 Å². The number of nitrogens with zero attached hydrogens (tertiary/aromatic N) is 1. The van der Waals surface area contributed by atoms with E-state index in [1.807, 2.05) is 0 Å². The molecule has 0 radical (unpaired) electrons. The summed E-state index contributed by atoms with van der Waals surface area (Å²) in [7, 11) is 1.24. The number of rotatable bonds is 2. The van der Waals surface area contributed by atoms with E-state index in [9.17, 15) is 9.59 Å². The molecule has 0 bridgehead atoms. The molecule has 0 unspecified atom stereocenters. The van der Waals surface area contributed by atoms with Crippen molar-refractivity contribution in [2.75, 3.05) is 7.11 Å². The van der Waals surface area contributed by atoms with Crippen molar-refractivity contribution in [1.29, 1.82) is 5.41 Å². The lowest BCUT2D eigenvalue weighted by atomic mass is 10.1. The van der Waals surface area contributed by atoms with E-state index in [1.54, 1.807) is 60.7 Å². The van der Waals surface area contributed by atoms with Gasteiger partial charge < -0.3 is 4.74 Å². The smallest absolute Gasteiger partial charge is 0.298 e. The Morgan fingerprint density at radius 3 is 1.57 bits per heavy atom. The molecule has 2 rings (SSSR count). The number of imide groups is 1. The van der Waals surface area contributed by atoms with Crippen LogP contribution in [-0.4, -0.2) is 29.8 Å². The average molecular weight is 282 g/mol. The molecule has 0 aromatic heterocycles. The van der Waals surface area contributed by atoms with Crippen molar-refractivity contribution in [2.24, 2.45) is 0 Å². The van der Waals surface area contributed by atoms with E-state index in [1.165, 1.54) is 7.11 Å². The fourth-order valence-electron chi connectivity index (χ4n) is 1.79. The van der Waals surface area contributed by atoms with E-state index in [2.05, 4.69) is 0 Å². The predicted molar refractivity (Wildman–Crippen MR) is 78.1 cm³/mol. The Morgan fingerprint density at radius 1 is 0.857 bits per heavy atom. The molecule has 0 heterocycles. The van der Waals surface area contributed by atoms with Gasteiger partial charge >= 0.3 is 0 Å². The largest absolute Gasteiger partial charge is 0.468 e. The van der Waals surface area contributed by atoms with Gasteiger partial charge in [0.05, 0.1) is 7.11 Å². The predicted octanol–water partition coefficient (Wildman–Crippen LogP) is 2.55. The standard InChI is InChI=1S/C16H14N2O3/c1-21-16(17)18(14(19)12-8-4-2-5-9-12)15(20)13-10-6-3-7-11-13/h2-11,17H,1H3. The zero-order valence-electron chi connectivity index (χ0n) is 11.4. The first-order valence-electron chi connectivity index (χ1n) is 6.26. The van der Waals surface area contributed by atoms with Gasteiger partial charge in [0.1, 0.15) is 0 Å². The molecule has 0 fully saturated rings. The van der Waals surface area contributed by atoms with Gasteiger partial charge in [0, 0.05) is 11.1 Å². The van der Waals surface area contributed by atoms with Crippen LogP contribution in [0.1, 0.15) is 20.7 Å². The number of ether oxygens (including phenoxy) is 1. The van der Waals surface area contributed by atoms with Gasteiger partial charge in [-0.05, 0) is 24.3 Å².